The third-order valence-electron chi connectivity index (χ3n) is 3.72. The van der Waals surface area contributed by atoms with Crippen LogP contribution in [0.25, 0.3) is 0 Å². The topological polar surface area (TPSA) is 245 Å². The summed E-state index contributed by atoms with van der Waals surface area (Å²) in [4.78, 5) is 32.0. The van der Waals surface area contributed by atoms with Crippen molar-refractivity contribution in [2.45, 2.75) is 23.6 Å². The molecule has 3 atom stereocenters. The van der Waals surface area contributed by atoms with E-state index in [1.165, 1.54) is 0 Å². The summed E-state index contributed by atoms with van der Waals surface area (Å²) in [7, 11) is 0. The van der Waals surface area contributed by atoms with Crippen molar-refractivity contribution in [1.82, 2.24) is 0 Å². The summed E-state index contributed by atoms with van der Waals surface area (Å²) in [5.74, 6) is -5.09. The van der Waals surface area contributed by atoms with E-state index in [9.17, 15) is 55.7 Å². The van der Waals surface area contributed by atoms with Crippen LogP contribution in [-0.2, 0) is 0 Å². The Bertz CT molecular complexity index is 719. The number of carbonyl (C=O) groups is 1. The van der Waals surface area contributed by atoms with Crippen LogP contribution in [0.5, 0.6) is 0 Å². The van der Waals surface area contributed by atoms with Gasteiger partial charge in [0.1, 0.15) is 12.2 Å². The Morgan fingerprint density at radius 3 is 1.70 bits per heavy atom. The quantitative estimate of drug-likeness (QED) is 0.0950. The predicted octanol–water partition coefficient (Wildman–Crippen LogP) is -3.20. The van der Waals surface area contributed by atoms with Crippen molar-refractivity contribution in [3.8, 4) is 0 Å². The van der Waals surface area contributed by atoms with E-state index in [0.29, 0.717) is 18.2 Å². The van der Waals surface area contributed by atoms with E-state index in [1.54, 1.807) is 0 Å². The van der Waals surface area contributed by atoms with Crippen molar-refractivity contribution in [3.05, 3.63) is 44.0 Å². The van der Waals surface area contributed by atoms with Gasteiger partial charge in [-0.1, -0.05) is 0 Å². The normalized spacial score (nSPS) is 16.3. The second-order valence-electron chi connectivity index (χ2n) is 5.59. The first kappa shape index (κ1) is 22.5. The molecule has 14 nitrogen and oxygen atoms in total. The molecule has 0 saturated heterocycles. The Morgan fingerprint density at radius 1 is 0.926 bits per heavy atom. The first-order valence-corrected chi connectivity index (χ1v) is 7.05. The summed E-state index contributed by atoms with van der Waals surface area (Å²) in [6.07, 6.45) is -5.59. The molecule has 27 heavy (non-hydrogen) atoms. The second-order valence-corrected chi connectivity index (χ2v) is 5.59. The van der Waals surface area contributed by atoms with Gasteiger partial charge in [0, 0.05) is 17.7 Å². The van der Waals surface area contributed by atoms with Crippen molar-refractivity contribution in [3.63, 3.8) is 0 Å². The minimum atomic E-state index is -3.39. The number of nitrogens with zero attached hydrogens (tertiary/aromatic N) is 2. The number of nitro benzene ring substituents is 2. The van der Waals surface area contributed by atoms with E-state index in [0.717, 1.165) is 0 Å². The van der Waals surface area contributed by atoms with Crippen molar-refractivity contribution >= 4 is 17.2 Å². The SMILES string of the molecule is O=C(c1cc([N+](=O)[O-])cc([N+](=O)[O-])c1)[C@@](O)(CO)[C@H](O)[C@@H](O)C(O)(O)CO. The van der Waals surface area contributed by atoms with Gasteiger partial charge in [0.25, 0.3) is 11.4 Å². The number of aliphatic hydroxyl groups is 7. The molecule has 1 aromatic rings. The molecule has 150 valence electrons. The van der Waals surface area contributed by atoms with E-state index in [-0.39, 0.29) is 0 Å². The van der Waals surface area contributed by atoms with Gasteiger partial charge < -0.3 is 35.7 Å². The molecule has 0 aliphatic heterocycles. The van der Waals surface area contributed by atoms with E-state index in [4.69, 9.17) is 5.11 Å². The van der Waals surface area contributed by atoms with E-state index in [2.05, 4.69) is 0 Å². The number of aliphatic hydroxyl groups excluding tert-OH is 4. The Labute approximate surface area is 149 Å². The van der Waals surface area contributed by atoms with Gasteiger partial charge in [0.15, 0.2) is 11.4 Å². The molecule has 0 aliphatic carbocycles. The predicted molar refractivity (Wildman–Crippen MR) is 82.4 cm³/mol. The number of non-ortho nitro benzene ring substituents is 2. The van der Waals surface area contributed by atoms with Crippen LogP contribution in [0, 0.1) is 20.2 Å². The molecule has 7 N–H and O–H groups in total. The van der Waals surface area contributed by atoms with Crippen LogP contribution < -0.4 is 0 Å². The molecule has 1 rings (SSSR count). The van der Waals surface area contributed by atoms with Crippen molar-refractivity contribution in [2.24, 2.45) is 0 Å². The zero-order chi connectivity index (χ0) is 21.2. The molecule has 0 aromatic heterocycles. The van der Waals surface area contributed by atoms with Crippen LogP contribution >= 0.6 is 0 Å². The average molecular weight is 392 g/mol. The summed E-state index contributed by atoms with van der Waals surface area (Å²) >= 11 is 0. The van der Waals surface area contributed by atoms with Crippen molar-refractivity contribution in [1.29, 1.82) is 0 Å². The lowest BCUT2D eigenvalue weighted by Gasteiger charge is -2.36. The molecule has 0 spiro atoms. The van der Waals surface area contributed by atoms with Gasteiger partial charge in [-0.3, -0.25) is 25.0 Å². The molecule has 0 heterocycles. The first-order chi connectivity index (χ1) is 12.3. The fourth-order valence-corrected chi connectivity index (χ4v) is 2.09. The van der Waals surface area contributed by atoms with Gasteiger partial charge in [-0.25, -0.2) is 0 Å². The molecule has 0 unspecified atom stereocenters. The molecule has 0 aliphatic rings. The van der Waals surface area contributed by atoms with Gasteiger partial charge in [-0.05, 0) is 0 Å². The number of benzene rings is 1. The lowest BCUT2D eigenvalue weighted by atomic mass is 9.83. The number of hydrogen-bond acceptors (Lipinski definition) is 12. The van der Waals surface area contributed by atoms with Gasteiger partial charge in [0.2, 0.25) is 5.79 Å². The number of ketones is 1. The molecule has 14 heteroatoms. The maximum Gasteiger partial charge on any atom is 0.277 e. The van der Waals surface area contributed by atoms with Crippen LogP contribution in [0.4, 0.5) is 11.4 Å². The number of Topliss-reactive ketones (excluding diaryl/α,β-unsaturated/α-hetero) is 1. The molecule has 0 saturated carbocycles. The largest absolute Gasteiger partial charge is 0.393 e. The zero-order valence-corrected chi connectivity index (χ0v) is 13.4. The molecular weight excluding hydrogens is 376 g/mol. The van der Waals surface area contributed by atoms with Crippen LogP contribution in [-0.4, -0.2) is 88.2 Å². The summed E-state index contributed by atoms with van der Waals surface area (Å²) in [5.41, 5.74) is -6.08. The van der Waals surface area contributed by atoms with Crippen LogP contribution in [0.3, 0.4) is 0 Å². The summed E-state index contributed by atoms with van der Waals surface area (Å²) in [6.45, 7) is -3.16. The summed E-state index contributed by atoms with van der Waals surface area (Å²) < 4.78 is 0. The second kappa shape index (κ2) is 7.97. The van der Waals surface area contributed by atoms with Crippen LogP contribution in [0.15, 0.2) is 18.2 Å². The Kier molecular flexibility index (Phi) is 6.63. The standard InChI is InChI=1S/C13H16N2O12/c16-4-12(21,10(19)11(20)13(22,23)5-17)9(18)6-1-7(14(24)25)3-8(2-6)15(26)27/h1-3,10-11,16-17,19-23H,4-5H2/t10-,11-,12+/m1/s1. The summed E-state index contributed by atoms with van der Waals surface area (Å²) in [6, 6.07) is 1.52. The highest BCUT2D eigenvalue weighted by atomic mass is 16.6. The average Bonchev–Trinajstić information content (AvgIpc) is 2.64. The highest BCUT2D eigenvalue weighted by Gasteiger charge is 2.52. The highest BCUT2D eigenvalue weighted by molar-refractivity contribution is 6.04. The van der Waals surface area contributed by atoms with Gasteiger partial charge in [-0.2, -0.15) is 0 Å². The first-order valence-electron chi connectivity index (χ1n) is 7.05. The van der Waals surface area contributed by atoms with E-state index < -0.39 is 69.4 Å². The molecule has 0 amide bonds. The Hall–Kier alpha value is -2.59. The fourth-order valence-electron chi connectivity index (χ4n) is 2.09. The third kappa shape index (κ3) is 4.40. The zero-order valence-electron chi connectivity index (χ0n) is 13.4. The van der Waals surface area contributed by atoms with Crippen LogP contribution in [0.1, 0.15) is 10.4 Å². The number of hydrogen-bond donors (Lipinski definition) is 7. The van der Waals surface area contributed by atoms with Gasteiger partial charge in [0.05, 0.1) is 29.1 Å². The monoisotopic (exact) mass is 392 g/mol. The minimum Gasteiger partial charge on any atom is -0.393 e. The summed E-state index contributed by atoms with van der Waals surface area (Å²) in [5, 5.41) is 88.2. The van der Waals surface area contributed by atoms with Crippen molar-refractivity contribution < 1.29 is 50.4 Å². The number of rotatable bonds is 9. The van der Waals surface area contributed by atoms with E-state index in [1.807, 2.05) is 0 Å². The van der Waals surface area contributed by atoms with E-state index >= 15 is 0 Å². The minimum absolute atomic E-state index is 0.506. The molecule has 0 radical (unpaired) electrons. The van der Waals surface area contributed by atoms with Crippen LogP contribution in [0.2, 0.25) is 0 Å². The third-order valence-corrected chi connectivity index (χ3v) is 3.72. The molecule has 0 bridgehead atoms. The number of nitro groups is 2. The molecule has 1 aromatic carbocycles. The fraction of sp³-hybridized carbons (Fsp3) is 0.462. The van der Waals surface area contributed by atoms with Crippen molar-refractivity contribution in [2.75, 3.05) is 13.2 Å². The maximum absolute atomic E-state index is 12.5. The highest BCUT2D eigenvalue weighted by Crippen LogP contribution is 2.28. The maximum atomic E-state index is 12.5. The lowest BCUT2D eigenvalue weighted by Crippen LogP contribution is -2.63. The van der Waals surface area contributed by atoms with Gasteiger partial charge in [-0.15, -0.1) is 0 Å². The Balaban J connectivity index is 3.46. The van der Waals surface area contributed by atoms with Gasteiger partial charge >= 0.3 is 0 Å². The molecule has 0 fully saturated rings. The Morgan fingerprint density at radius 2 is 1.37 bits per heavy atom. The molecular formula is C13H16N2O12. The smallest absolute Gasteiger partial charge is 0.277 e. The number of carbonyl (C=O) groups excluding carboxylic acids is 1. The lowest BCUT2D eigenvalue weighted by molar-refractivity contribution is -0.394.